The molecule has 0 radical (unpaired) electrons. The minimum atomic E-state index is 1.02. The highest BCUT2D eigenvalue weighted by Crippen LogP contribution is 2.42. The zero-order chi connectivity index (χ0) is 13.7. The van der Waals surface area contributed by atoms with E-state index in [-0.39, 0.29) is 0 Å². The first-order valence-corrected chi connectivity index (χ1v) is 8.23. The van der Waals surface area contributed by atoms with Gasteiger partial charge < -0.3 is 0 Å². The quantitative estimate of drug-likeness (QED) is 0.575. The minimum absolute atomic E-state index is 1.02. The van der Waals surface area contributed by atoms with Gasteiger partial charge in [0.05, 0.1) is 0 Å². The Morgan fingerprint density at radius 2 is 1.84 bits per heavy atom. The molecule has 0 N–H and O–H groups in total. The Bertz CT molecular complexity index is 485. The maximum Gasteiger partial charge on any atom is 0.0282 e. The van der Waals surface area contributed by atoms with Crippen molar-refractivity contribution in [1.29, 1.82) is 0 Å². The number of hydrogen-bond acceptors (Lipinski definition) is 0. The van der Waals surface area contributed by atoms with Crippen LogP contribution >= 0.6 is 27.5 Å². The van der Waals surface area contributed by atoms with Gasteiger partial charge in [-0.15, -0.1) is 0 Å². The lowest BCUT2D eigenvalue weighted by Crippen LogP contribution is -1.89. The highest BCUT2D eigenvalue weighted by atomic mass is 79.9. The minimum Gasteiger partial charge on any atom is -0.0888 e. The summed E-state index contributed by atoms with van der Waals surface area (Å²) < 4.78 is 1.22. The Labute approximate surface area is 129 Å². The van der Waals surface area contributed by atoms with E-state index in [0.717, 1.165) is 24.3 Å². The maximum atomic E-state index is 6.52. The lowest BCUT2D eigenvalue weighted by molar-refractivity contribution is 0.801. The molecule has 0 nitrogen and oxygen atoms in total. The maximum absolute atomic E-state index is 6.52. The van der Waals surface area contributed by atoms with Crippen LogP contribution < -0.4 is 0 Å². The number of allylic oxidation sites excluding steroid dienone is 3. The van der Waals surface area contributed by atoms with E-state index in [0.29, 0.717) is 0 Å². The van der Waals surface area contributed by atoms with Crippen molar-refractivity contribution < 1.29 is 0 Å². The molecule has 0 aliphatic heterocycles. The van der Waals surface area contributed by atoms with Crippen molar-refractivity contribution >= 4 is 32.0 Å². The third-order valence-corrected chi connectivity index (χ3v) is 4.94. The van der Waals surface area contributed by atoms with Crippen molar-refractivity contribution in [3.8, 4) is 0 Å². The highest BCUT2D eigenvalue weighted by molar-refractivity contribution is 9.15. The summed E-state index contributed by atoms with van der Waals surface area (Å²) in [6.07, 6.45) is 6.87. The number of unbranched alkanes of at least 4 members (excludes halogenated alkanes) is 1. The van der Waals surface area contributed by atoms with Crippen LogP contribution in [0.25, 0.3) is 4.48 Å². The summed E-state index contributed by atoms with van der Waals surface area (Å²) in [7, 11) is 0. The molecule has 1 aliphatic rings. The fourth-order valence-corrected chi connectivity index (χ4v) is 3.57. The molecule has 1 aliphatic carbocycles. The van der Waals surface area contributed by atoms with Gasteiger partial charge in [0.25, 0.3) is 0 Å². The summed E-state index contributed by atoms with van der Waals surface area (Å²) >= 11 is 10.3. The van der Waals surface area contributed by atoms with Crippen molar-refractivity contribution in [2.75, 3.05) is 0 Å². The van der Waals surface area contributed by atoms with Gasteiger partial charge in [0.1, 0.15) is 0 Å². The molecule has 19 heavy (non-hydrogen) atoms. The van der Waals surface area contributed by atoms with Gasteiger partial charge in [-0.05, 0) is 64.7 Å². The summed E-state index contributed by atoms with van der Waals surface area (Å²) in [5.41, 5.74) is 4.04. The Kier molecular flexibility index (Phi) is 5.72. The Balaban J connectivity index is 2.32. The largest absolute Gasteiger partial charge is 0.0888 e. The van der Waals surface area contributed by atoms with E-state index in [1.165, 1.54) is 40.5 Å². The molecule has 0 amide bonds. The molecule has 0 saturated heterocycles. The van der Waals surface area contributed by atoms with Gasteiger partial charge >= 0.3 is 0 Å². The predicted octanol–water partition coefficient (Wildman–Crippen LogP) is 6.66. The number of hydrogen-bond donors (Lipinski definition) is 0. The highest BCUT2D eigenvalue weighted by Gasteiger charge is 2.20. The van der Waals surface area contributed by atoms with Crippen molar-refractivity contribution in [1.82, 2.24) is 0 Å². The van der Waals surface area contributed by atoms with Gasteiger partial charge in [0, 0.05) is 9.51 Å². The Hall–Kier alpha value is -0.530. The first-order chi connectivity index (χ1) is 9.24. The smallest absolute Gasteiger partial charge is 0.0282 e. The molecule has 0 bridgehead atoms. The average molecular weight is 340 g/mol. The molecule has 2 heteroatoms. The molecule has 0 heterocycles. The summed E-state index contributed by atoms with van der Waals surface area (Å²) in [6, 6.07) is 10.5. The van der Waals surface area contributed by atoms with Crippen molar-refractivity contribution in [3.05, 3.63) is 52.1 Å². The summed E-state index contributed by atoms with van der Waals surface area (Å²) in [5.74, 6) is 0. The van der Waals surface area contributed by atoms with Crippen molar-refractivity contribution in [2.24, 2.45) is 0 Å². The van der Waals surface area contributed by atoms with Crippen LogP contribution in [0.5, 0.6) is 0 Å². The second-order valence-corrected chi connectivity index (χ2v) is 6.25. The van der Waals surface area contributed by atoms with Crippen LogP contribution in [-0.2, 0) is 0 Å². The number of benzene rings is 1. The molecule has 0 atom stereocenters. The lowest BCUT2D eigenvalue weighted by atomic mass is 10.0. The third kappa shape index (κ3) is 3.73. The van der Waals surface area contributed by atoms with Crippen LogP contribution in [0.2, 0.25) is 0 Å². The molecule has 1 saturated carbocycles. The monoisotopic (exact) mass is 338 g/mol. The molecule has 0 aromatic heterocycles. The third-order valence-electron chi connectivity index (χ3n) is 3.59. The van der Waals surface area contributed by atoms with E-state index < -0.39 is 0 Å². The van der Waals surface area contributed by atoms with Gasteiger partial charge in [0.15, 0.2) is 0 Å². The van der Waals surface area contributed by atoms with E-state index >= 15 is 0 Å². The SMILES string of the molecule is CCCC/C(Cl)=C1\CCC\C1=C(\Br)c1ccccc1. The molecule has 102 valence electrons. The van der Waals surface area contributed by atoms with Crippen LogP contribution in [0.1, 0.15) is 51.0 Å². The van der Waals surface area contributed by atoms with Gasteiger partial charge in [-0.3, -0.25) is 0 Å². The lowest BCUT2D eigenvalue weighted by Gasteiger charge is -2.10. The normalized spacial score (nSPS) is 20.6. The van der Waals surface area contributed by atoms with Gasteiger partial charge in [-0.25, -0.2) is 0 Å². The van der Waals surface area contributed by atoms with E-state index in [1.54, 1.807) is 0 Å². The summed E-state index contributed by atoms with van der Waals surface area (Å²) in [6.45, 7) is 2.21. The van der Waals surface area contributed by atoms with E-state index in [1.807, 2.05) is 6.07 Å². The summed E-state index contributed by atoms with van der Waals surface area (Å²) in [5, 5.41) is 1.07. The van der Waals surface area contributed by atoms with Crippen LogP contribution in [0.15, 0.2) is 46.5 Å². The second-order valence-electron chi connectivity index (χ2n) is 5.00. The average Bonchev–Trinajstić information content (AvgIpc) is 2.94. The molecule has 1 fully saturated rings. The predicted molar refractivity (Wildman–Crippen MR) is 88.5 cm³/mol. The fourth-order valence-electron chi connectivity index (χ4n) is 2.53. The van der Waals surface area contributed by atoms with Crippen molar-refractivity contribution in [2.45, 2.75) is 45.4 Å². The van der Waals surface area contributed by atoms with Crippen LogP contribution in [-0.4, -0.2) is 0 Å². The van der Waals surface area contributed by atoms with Crippen LogP contribution in [0.3, 0.4) is 0 Å². The second kappa shape index (κ2) is 7.31. The molecule has 1 aromatic carbocycles. The molecular formula is C17H20BrCl. The van der Waals surface area contributed by atoms with E-state index in [2.05, 4.69) is 47.1 Å². The fraction of sp³-hybridized carbons (Fsp3) is 0.412. The van der Waals surface area contributed by atoms with E-state index in [4.69, 9.17) is 11.6 Å². The van der Waals surface area contributed by atoms with E-state index in [9.17, 15) is 0 Å². The van der Waals surface area contributed by atoms with Crippen LogP contribution in [0.4, 0.5) is 0 Å². The Morgan fingerprint density at radius 3 is 2.53 bits per heavy atom. The topological polar surface area (TPSA) is 0 Å². The van der Waals surface area contributed by atoms with Crippen molar-refractivity contribution in [3.63, 3.8) is 0 Å². The molecule has 0 unspecified atom stereocenters. The van der Waals surface area contributed by atoms with Crippen LogP contribution in [0, 0.1) is 0 Å². The number of halogens is 2. The van der Waals surface area contributed by atoms with Gasteiger partial charge in [0.2, 0.25) is 0 Å². The van der Waals surface area contributed by atoms with Gasteiger partial charge in [-0.1, -0.05) is 55.3 Å². The van der Waals surface area contributed by atoms with Gasteiger partial charge in [-0.2, -0.15) is 0 Å². The summed E-state index contributed by atoms with van der Waals surface area (Å²) in [4.78, 5) is 0. The zero-order valence-corrected chi connectivity index (χ0v) is 13.7. The Morgan fingerprint density at radius 1 is 1.16 bits per heavy atom. The molecule has 0 spiro atoms. The standard InChI is InChI=1S/C17H20BrCl/c1-2-3-12-16(19)14-10-7-11-15(14)17(18)13-8-5-4-6-9-13/h4-6,8-9H,2-3,7,10-12H2,1H3/b16-14-,17-15-. The first-order valence-electron chi connectivity index (χ1n) is 7.06. The molecule has 1 aromatic rings. The number of rotatable bonds is 4. The first kappa shape index (κ1) is 14.9. The zero-order valence-electron chi connectivity index (χ0n) is 11.4. The molecular weight excluding hydrogens is 320 g/mol. The molecule has 2 rings (SSSR count).